The number of nitrogens with zero attached hydrogens (tertiary/aromatic N) is 2. The summed E-state index contributed by atoms with van der Waals surface area (Å²) < 4.78 is 2.03. The Bertz CT molecular complexity index is 715. The third kappa shape index (κ3) is 2.21. The van der Waals surface area contributed by atoms with Crippen LogP contribution in [0.1, 0.15) is 30.2 Å². The lowest BCUT2D eigenvalue weighted by Crippen LogP contribution is -2.14. The molecular formula is C17H18N2O. The first-order valence-corrected chi connectivity index (χ1v) is 6.83. The first-order chi connectivity index (χ1) is 9.66. The van der Waals surface area contributed by atoms with Gasteiger partial charge in [-0.2, -0.15) is 0 Å². The Labute approximate surface area is 118 Å². The Hall–Kier alpha value is -2.13. The number of aliphatic hydroxyl groups excluding tert-OH is 1. The molecule has 3 aromatic rings. The molecule has 3 nitrogen and oxygen atoms in total. The third-order valence-electron chi connectivity index (χ3n) is 3.80. The quantitative estimate of drug-likeness (QED) is 0.786. The monoisotopic (exact) mass is 266 g/mol. The first-order valence-electron chi connectivity index (χ1n) is 6.83. The van der Waals surface area contributed by atoms with Crippen LogP contribution in [0.3, 0.4) is 0 Å². The van der Waals surface area contributed by atoms with E-state index in [1.54, 1.807) is 6.33 Å². The van der Waals surface area contributed by atoms with Crippen LogP contribution in [0.4, 0.5) is 0 Å². The SMILES string of the molecule is Cc1ccc(C(O)C(C)n2cnc3ccccc32)cc1. The van der Waals surface area contributed by atoms with E-state index < -0.39 is 6.10 Å². The summed E-state index contributed by atoms with van der Waals surface area (Å²) in [6.45, 7) is 4.06. The Morgan fingerprint density at radius 3 is 2.50 bits per heavy atom. The standard InChI is InChI=1S/C17H18N2O/c1-12-7-9-14(10-8-12)17(20)13(2)19-11-18-15-5-3-4-6-16(15)19/h3-11,13,17,20H,1-2H3. The molecule has 2 atom stereocenters. The maximum Gasteiger partial charge on any atom is 0.0994 e. The molecule has 3 heteroatoms. The van der Waals surface area contributed by atoms with E-state index in [4.69, 9.17) is 0 Å². The van der Waals surface area contributed by atoms with Gasteiger partial charge in [-0.3, -0.25) is 0 Å². The van der Waals surface area contributed by atoms with E-state index in [0.29, 0.717) is 0 Å². The minimum atomic E-state index is -0.548. The summed E-state index contributed by atoms with van der Waals surface area (Å²) in [5.41, 5.74) is 4.13. The summed E-state index contributed by atoms with van der Waals surface area (Å²) >= 11 is 0. The van der Waals surface area contributed by atoms with E-state index in [1.807, 2.05) is 66.9 Å². The van der Waals surface area contributed by atoms with Crippen LogP contribution in [0.15, 0.2) is 54.9 Å². The highest BCUT2D eigenvalue weighted by Gasteiger charge is 2.19. The molecule has 0 fully saturated rings. The zero-order valence-corrected chi connectivity index (χ0v) is 11.7. The van der Waals surface area contributed by atoms with Crippen molar-refractivity contribution in [2.75, 3.05) is 0 Å². The topological polar surface area (TPSA) is 38.0 Å². The van der Waals surface area contributed by atoms with Gasteiger partial charge in [-0.1, -0.05) is 42.0 Å². The Kier molecular flexibility index (Phi) is 3.28. The molecule has 1 N–H and O–H groups in total. The zero-order valence-electron chi connectivity index (χ0n) is 11.7. The van der Waals surface area contributed by atoms with E-state index in [9.17, 15) is 5.11 Å². The molecule has 2 aromatic carbocycles. The number of hydrogen-bond acceptors (Lipinski definition) is 2. The number of fused-ring (bicyclic) bond motifs is 1. The average Bonchev–Trinajstić information content (AvgIpc) is 2.90. The molecule has 0 radical (unpaired) electrons. The minimum absolute atomic E-state index is 0.0647. The van der Waals surface area contributed by atoms with Crippen molar-refractivity contribution in [1.29, 1.82) is 0 Å². The Morgan fingerprint density at radius 2 is 1.75 bits per heavy atom. The average molecular weight is 266 g/mol. The van der Waals surface area contributed by atoms with E-state index in [1.165, 1.54) is 5.56 Å². The molecule has 0 aliphatic rings. The molecule has 1 aromatic heterocycles. The van der Waals surface area contributed by atoms with Crippen molar-refractivity contribution < 1.29 is 5.11 Å². The molecule has 0 aliphatic carbocycles. The molecular weight excluding hydrogens is 248 g/mol. The largest absolute Gasteiger partial charge is 0.386 e. The molecule has 20 heavy (non-hydrogen) atoms. The minimum Gasteiger partial charge on any atom is -0.386 e. The van der Waals surface area contributed by atoms with Gasteiger partial charge in [0, 0.05) is 0 Å². The summed E-state index contributed by atoms with van der Waals surface area (Å²) in [5.74, 6) is 0. The van der Waals surface area contributed by atoms with Crippen LogP contribution in [0.2, 0.25) is 0 Å². The second-order valence-corrected chi connectivity index (χ2v) is 5.24. The Balaban J connectivity index is 1.95. The summed E-state index contributed by atoms with van der Waals surface area (Å²) in [7, 11) is 0. The molecule has 3 rings (SSSR count). The van der Waals surface area contributed by atoms with Crippen LogP contribution in [-0.4, -0.2) is 14.7 Å². The van der Waals surface area contributed by atoms with Crippen molar-refractivity contribution in [2.45, 2.75) is 26.0 Å². The highest BCUT2D eigenvalue weighted by Crippen LogP contribution is 2.28. The molecule has 1 heterocycles. The van der Waals surface area contributed by atoms with Crippen molar-refractivity contribution in [1.82, 2.24) is 9.55 Å². The number of imidazole rings is 1. The summed E-state index contributed by atoms with van der Waals surface area (Å²) in [6.07, 6.45) is 1.25. The van der Waals surface area contributed by atoms with E-state index in [-0.39, 0.29) is 6.04 Å². The van der Waals surface area contributed by atoms with Gasteiger partial charge in [-0.25, -0.2) is 4.98 Å². The predicted molar refractivity (Wildman–Crippen MR) is 80.6 cm³/mol. The maximum absolute atomic E-state index is 10.6. The van der Waals surface area contributed by atoms with Crippen LogP contribution < -0.4 is 0 Å². The second-order valence-electron chi connectivity index (χ2n) is 5.24. The number of rotatable bonds is 3. The Morgan fingerprint density at radius 1 is 1.05 bits per heavy atom. The van der Waals surface area contributed by atoms with Gasteiger partial charge < -0.3 is 9.67 Å². The molecule has 0 amide bonds. The fourth-order valence-corrected chi connectivity index (χ4v) is 2.50. The number of aliphatic hydroxyl groups is 1. The van der Waals surface area contributed by atoms with Gasteiger partial charge in [0.1, 0.15) is 0 Å². The normalized spacial score (nSPS) is 14.3. The van der Waals surface area contributed by atoms with Crippen LogP contribution in [0.5, 0.6) is 0 Å². The van der Waals surface area contributed by atoms with Crippen molar-refractivity contribution in [3.8, 4) is 0 Å². The molecule has 0 spiro atoms. The fraction of sp³-hybridized carbons (Fsp3) is 0.235. The second kappa shape index (κ2) is 5.10. The maximum atomic E-state index is 10.6. The molecule has 102 valence electrons. The highest BCUT2D eigenvalue weighted by molar-refractivity contribution is 5.75. The highest BCUT2D eigenvalue weighted by atomic mass is 16.3. The summed E-state index contributed by atoms with van der Waals surface area (Å²) in [6, 6.07) is 15.9. The molecule has 0 bridgehead atoms. The fourth-order valence-electron chi connectivity index (χ4n) is 2.50. The lowest BCUT2D eigenvalue weighted by molar-refractivity contribution is 0.124. The number of aromatic nitrogens is 2. The van der Waals surface area contributed by atoms with Gasteiger partial charge in [0.25, 0.3) is 0 Å². The van der Waals surface area contributed by atoms with Crippen molar-refractivity contribution >= 4 is 11.0 Å². The molecule has 0 saturated carbocycles. The van der Waals surface area contributed by atoms with Crippen LogP contribution in [0.25, 0.3) is 11.0 Å². The van der Waals surface area contributed by atoms with Crippen LogP contribution in [-0.2, 0) is 0 Å². The summed E-state index contributed by atoms with van der Waals surface area (Å²) in [5, 5.41) is 10.6. The molecule has 2 unspecified atom stereocenters. The van der Waals surface area contributed by atoms with Gasteiger partial charge in [0.05, 0.1) is 29.5 Å². The van der Waals surface area contributed by atoms with E-state index >= 15 is 0 Å². The lowest BCUT2D eigenvalue weighted by atomic mass is 10.0. The smallest absolute Gasteiger partial charge is 0.0994 e. The van der Waals surface area contributed by atoms with Crippen LogP contribution in [0, 0.1) is 6.92 Å². The predicted octanol–water partition coefficient (Wildman–Crippen LogP) is 3.64. The lowest BCUT2D eigenvalue weighted by Gasteiger charge is -2.21. The van der Waals surface area contributed by atoms with Crippen molar-refractivity contribution in [2.24, 2.45) is 0 Å². The number of para-hydroxylation sites is 2. The number of aryl methyl sites for hydroxylation is 1. The summed E-state index contributed by atoms with van der Waals surface area (Å²) in [4.78, 5) is 4.38. The van der Waals surface area contributed by atoms with Gasteiger partial charge in [0.15, 0.2) is 0 Å². The van der Waals surface area contributed by atoms with E-state index in [2.05, 4.69) is 4.98 Å². The zero-order chi connectivity index (χ0) is 14.1. The third-order valence-corrected chi connectivity index (χ3v) is 3.80. The van der Waals surface area contributed by atoms with Crippen molar-refractivity contribution in [3.05, 3.63) is 66.0 Å². The van der Waals surface area contributed by atoms with E-state index in [0.717, 1.165) is 16.6 Å². The number of hydrogen-bond donors (Lipinski definition) is 1. The molecule has 0 saturated heterocycles. The number of benzene rings is 2. The van der Waals surface area contributed by atoms with Gasteiger partial charge in [0.2, 0.25) is 0 Å². The van der Waals surface area contributed by atoms with Gasteiger partial charge in [-0.15, -0.1) is 0 Å². The molecule has 0 aliphatic heterocycles. The van der Waals surface area contributed by atoms with Crippen LogP contribution >= 0.6 is 0 Å². The van der Waals surface area contributed by atoms with Crippen molar-refractivity contribution in [3.63, 3.8) is 0 Å². The van der Waals surface area contributed by atoms with Gasteiger partial charge >= 0.3 is 0 Å². The first kappa shape index (κ1) is 12.9. The van der Waals surface area contributed by atoms with Gasteiger partial charge in [-0.05, 0) is 31.5 Å².